The van der Waals surface area contributed by atoms with Gasteiger partial charge in [0.05, 0.1) is 31.8 Å². The van der Waals surface area contributed by atoms with Crippen LogP contribution in [0.4, 0.5) is 4.79 Å². The molecule has 0 aromatic heterocycles. The van der Waals surface area contributed by atoms with Gasteiger partial charge in [0.25, 0.3) is 0 Å². The highest BCUT2D eigenvalue weighted by atomic mass is 16.6. The van der Waals surface area contributed by atoms with E-state index in [2.05, 4.69) is 31.7 Å². The van der Waals surface area contributed by atoms with Gasteiger partial charge in [0.1, 0.15) is 23.4 Å². The van der Waals surface area contributed by atoms with Crippen molar-refractivity contribution in [1.29, 1.82) is 0 Å². The third kappa shape index (κ3) is 4.23. The van der Waals surface area contributed by atoms with Crippen LogP contribution >= 0.6 is 0 Å². The van der Waals surface area contributed by atoms with E-state index < -0.39 is 0 Å². The number of carbonyl (C=O) groups excluding carboxylic acids is 1. The molecule has 8 heteroatoms. The summed E-state index contributed by atoms with van der Waals surface area (Å²) in [6.45, 7) is 12.6. The van der Waals surface area contributed by atoms with E-state index in [1.807, 2.05) is 4.90 Å². The fourth-order valence-corrected chi connectivity index (χ4v) is 7.57. The summed E-state index contributed by atoms with van der Waals surface area (Å²) < 4.78 is 29.9. The quantitative estimate of drug-likeness (QED) is 0.418. The average molecular weight is 491 g/mol. The molecule has 2 saturated carbocycles. The zero-order valence-corrected chi connectivity index (χ0v) is 21.8. The van der Waals surface area contributed by atoms with E-state index in [9.17, 15) is 4.79 Å². The van der Waals surface area contributed by atoms with Crippen LogP contribution in [0.15, 0.2) is 11.6 Å². The van der Waals surface area contributed by atoms with E-state index >= 15 is 0 Å². The van der Waals surface area contributed by atoms with Gasteiger partial charge in [-0.25, -0.2) is 4.79 Å². The highest BCUT2D eigenvalue weighted by Crippen LogP contribution is 2.60. The molecule has 4 saturated heterocycles. The van der Waals surface area contributed by atoms with Gasteiger partial charge in [-0.15, -0.1) is 0 Å². The second kappa shape index (κ2) is 8.69. The second-order valence-corrected chi connectivity index (χ2v) is 12.4. The molecule has 196 valence electrons. The number of ether oxygens (including phenoxy) is 5. The fourth-order valence-electron chi connectivity index (χ4n) is 7.57. The zero-order chi connectivity index (χ0) is 24.4. The lowest BCUT2D eigenvalue weighted by Crippen LogP contribution is -2.68. The number of amides is 1. The summed E-state index contributed by atoms with van der Waals surface area (Å²) in [5, 5.41) is 0. The molecule has 2 aliphatic carbocycles. The lowest BCUT2D eigenvalue weighted by Gasteiger charge is -2.61. The number of carbonyl (C=O) groups is 1. The highest BCUT2D eigenvalue weighted by molar-refractivity contribution is 5.69. The zero-order valence-electron chi connectivity index (χ0n) is 21.8. The van der Waals surface area contributed by atoms with Crippen LogP contribution in [0.3, 0.4) is 0 Å². The molecule has 2 spiro atoms. The standard InChI is InChI=1S/C27H42N2O6/c1-18(2)5-6-21-25(3,35-21)23-22(31-4)20(7-8-27(23)17-33-27)34-24(30)29-15-26(16-29)13-19(14-26)28-9-11-32-12-10-28/h5,19-23H,6-17H2,1-4H3/t20-,21-,22-,23-,25+,27+/m1/s1. The van der Waals surface area contributed by atoms with Crippen molar-refractivity contribution in [2.45, 2.75) is 88.4 Å². The lowest BCUT2D eigenvalue weighted by atomic mass is 9.60. The van der Waals surface area contributed by atoms with E-state index in [1.165, 1.54) is 18.4 Å². The largest absolute Gasteiger partial charge is 0.443 e. The first-order valence-corrected chi connectivity index (χ1v) is 13.5. The molecule has 0 aromatic carbocycles. The van der Waals surface area contributed by atoms with Crippen molar-refractivity contribution < 1.29 is 28.5 Å². The Bertz CT molecular complexity index is 850. The van der Waals surface area contributed by atoms with Crippen molar-refractivity contribution >= 4 is 6.09 Å². The van der Waals surface area contributed by atoms with E-state index in [4.69, 9.17) is 23.7 Å². The van der Waals surface area contributed by atoms with Crippen LogP contribution in [0.5, 0.6) is 0 Å². The number of hydrogen-bond acceptors (Lipinski definition) is 7. The SMILES string of the molecule is CO[C@@H]1[C@H](OC(=O)N2CC3(CC(N4CCOCC4)C3)C2)CC[C@]2(CO2)[C@H]1[C@@]1(C)O[C@@H]1CC=C(C)C. The number of rotatable bonds is 6. The highest BCUT2D eigenvalue weighted by Gasteiger charge is 2.72. The first kappa shape index (κ1) is 24.2. The molecule has 0 unspecified atom stereocenters. The average Bonchev–Trinajstić information content (AvgIpc) is 3.69. The predicted molar refractivity (Wildman–Crippen MR) is 129 cm³/mol. The molecule has 35 heavy (non-hydrogen) atoms. The summed E-state index contributed by atoms with van der Waals surface area (Å²) >= 11 is 0. The topological polar surface area (TPSA) is 76.3 Å². The molecule has 4 heterocycles. The van der Waals surface area contributed by atoms with Crippen LogP contribution in [-0.4, -0.2) is 105 Å². The van der Waals surface area contributed by atoms with Crippen molar-refractivity contribution in [3.8, 4) is 0 Å². The van der Waals surface area contributed by atoms with Gasteiger partial charge in [0, 0.05) is 44.7 Å². The molecule has 0 radical (unpaired) electrons. The van der Waals surface area contributed by atoms with Crippen molar-refractivity contribution in [3.63, 3.8) is 0 Å². The van der Waals surface area contributed by atoms with E-state index in [-0.39, 0.29) is 41.5 Å². The Labute approximate surface area is 209 Å². The molecule has 6 atom stereocenters. The Kier molecular flexibility index (Phi) is 6.00. The summed E-state index contributed by atoms with van der Waals surface area (Å²) in [5.74, 6) is 0.0609. The molecule has 1 amide bonds. The minimum Gasteiger partial charge on any atom is -0.443 e. The van der Waals surface area contributed by atoms with Gasteiger partial charge < -0.3 is 28.6 Å². The van der Waals surface area contributed by atoms with Gasteiger partial charge in [-0.05, 0) is 52.9 Å². The van der Waals surface area contributed by atoms with Crippen LogP contribution in [0.2, 0.25) is 0 Å². The lowest BCUT2D eigenvalue weighted by molar-refractivity contribution is -0.142. The number of morpholine rings is 1. The van der Waals surface area contributed by atoms with Crippen LogP contribution in [0.25, 0.3) is 0 Å². The Balaban J connectivity index is 1.05. The molecular formula is C27H42N2O6. The Morgan fingerprint density at radius 2 is 1.89 bits per heavy atom. The van der Waals surface area contributed by atoms with Crippen LogP contribution in [0.1, 0.15) is 52.9 Å². The van der Waals surface area contributed by atoms with Gasteiger partial charge in [-0.2, -0.15) is 0 Å². The maximum atomic E-state index is 13.1. The van der Waals surface area contributed by atoms with E-state index in [1.54, 1.807) is 7.11 Å². The number of nitrogens with zero attached hydrogens (tertiary/aromatic N) is 2. The maximum Gasteiger partial charge on any atom is 0.410 e. The molecular weight excluding hydrogens is 448 g/mol. The number of hydrogen-bond donors (Lipinski definition) is 0. The third-order valence-electron chi connectivity index (χ3n) is 9.70. The predicted octanol–water partition coefficient (Wildman–Crippen LogP) is 3.00. The second-order valence-electron chi connectivity index (χ2n) is 12.4. The van der Waals surface area contributed by atoms with Crippen molar-refractivity contribution in [2.24, 2.45) is 11.3 Å². The summed E-state index contributed by atoms with van der Waals surface area (Å²) in [6, 6.07) is 0.655. The first-order chi connectivity index (χ1) is 16.8. The molecule has 4 aliphatic heterocycles. The van der Waals surface area contributed by atoms with Gasteiger partial charge in [0.15, 0.2) is 0 Å². The van der Waals surface area contributed by atoms with Crippen molar-refractivity contribution in [1.82, 2.24) is 9.80 Å². The van der Waals surface area contributed by atoms with Crippen molar-refractivity contribution in [2.75, 3.05) is 53.1 Å². The third-order valence-corrected chi connectivity index (χ3v) is 9.70. The summed E-state index contributed by atoms with van der Waals surface area (Å²) in [4.78, 5) is 17.6. The minimum absolute atomic E-state index is 0.0609. The van der Waals surface area contributed by atoms with Crippen LogP contribution in [0, 0.1) is 11.3 Å². The van der Waals surface area contributed by atoms with E-state index in [0.29, 0.717) is 11.5 Å². The number of methoxy groups -OCH3 is 1. The van der Waals surface area contributed by atoms with Gasteiger partial charge in [-0.1, -0.05) is 11.6 Å². The molecule has 6 aliphatic rings. The number of allylic oxidation sites excluding steroid dienone is 1. The first-order valence-electron chi connectivity index (χ1n) is 13.5. The maximum absolute atomic E-state index is 13.1. The molecule has 0 bridgehead atoms. The fraction of sp³-hybridized carbons (Fsp3) is 0.889. The summed E-state index contributed by atoms with van der Waals surface area (Å²) in [6.07, 6.45) is 6.64. The van der Waals surface area contributed by atoms with E-state index in [0.717, 1.165) is 65.3 Å². The number of likely N-dealkylation sites (tertiary alicyclic amines) is 1. The molecule has 0 aromatic rings. The van der Waals surface area contributed by atoms with Crippen LogP contribution < -0.4 is 0 Å². The summed E-state index contributed by atoms with van der Waals surface area (Å²) in [7, 11) is 1.73. The van der Waals surface area contributed by atoms with Crippen molar-refractivity contribution in [3.05, 3.63) is 11.6 Å². The van der Waals surface area contributed by atoms with Gasteiger partial charge >= 0.3 is 6.09 Å². The minimum atomic E-state index is -0.310. The Hall–Kier alpha value is -1.19. The monoisotopic (exact) mass is 490 g/mol. The molecule has 8 nitrogen and oxygen atoms in total. The number of epoxide rings is 2. The Morgan fingerprint density at radius 3 is 2.51 bits per heavy atom. The normalized spacial score (nSPS) is 42.3. The molecule has 6 fully saturated rings. The molecule has 6 rings (SSSR count). The Morgan fingerprint density at radius 1 is 1.17 bits per heavy atom. The van der Waals surface area contributed by atoms with Gasteiger partial charge in [0.2, 0.25) is 0 Å². The molecule has 0 N–H and O–H groups in total. The van der Waals surface area contributed by atoms with Crippen LogP contribution in [-0.2, 0) is 23.7 Å². The van der Waals surface area contributed by atoms with Gasteiger partial charge in [-0.3, -0.25) is 4.90 Å². The summed E-state index contributed by atoms with van der Waals surface area (Å²) in [5.41, 5.74) is 1.10. The smallest absolute Gasteiger partial charge is 0.410 e.